The fraction of sp³-hybridized carbons (Fsp3) is 0.167. The topological polar surface area (TPSA) is 80.0 Å². The number of pyridine rings is 1. The molecule has 2 heterocycles. The van der Waals surface area contributed by atoms with Crippen molar-refractivity contribution in [2.45, 2.75) is 13.5 Å². The van der Waals surface area contributed by atoms with Crippen LogP contribution in [0.5, 0.6) is 0 Å². The van der Waals surface area contributed by atoms with Gasteiger partial charge in [-0.15, -0.1) is 11.3 Å². The smallest absolute Gasteiger partial charge is 0.251 e. The lowest BCUT2D eigenvalue weighted by Gasteiger charge is -2.05. The van der Waals surface area contributed by atoms with Gasteiger partial charge in [-0.3, -0.25) is 4.79 Å². The van der Waals surface area contributed by atoms with Gasteiger partial charge in [-0.2, -0.15) is 0 Å². The molecule has 0 bridgehead atoms. The highest BCUT2D eigenvalue weighted by Gasteiger charge is 2.06. The minimum Gasteiger partial charge on any atom is -0.347 e. The summed E-state index contributed by atoms with van der Waals surface area (Å²) in [5.41, 5.74) is 2.94. The number of nitrogens with zero attached hydrogens (tertiary/aromatic N) is 1. The third-order valence-corrected chi connectivity index (χ3v) is 3.39. The van der Waals surface area contributed by atoms with Crippen molar-refractivity contribution in [1.29, 1.82) is 0 Å². The van der Waals surface area contributed by atoms with Crippen molar-refractivity contribution in [1.82, 2.24) is 10.3 Å². The average molecular weight is 262 g/mol. The number of hydrogen-bond donors (Lipinski definition) is 3. The minimum absolute atomic E-state index is 0.139. The Labute approximate surface area is 109 Å². The second-order valence-corrected chi connectivity index (χ2v) is 5.14. The third kappa shape index (κ3) is 3.06. The van der Waals surface area contributed by atoms with Gasteiger partial charge in [-0.05, 0) is 31.2 Å². The number of anilines is 1. The number of amides is 1. The molecule has 0 saturated carbocycles. The summed E-state index contributed by atoms with van der Waals surface area (Å²) in [6.45, 7) is 2.57. The van der Waals surface area contributed by atoms with Gasteiger partial charge in [0.15, 0.2) is 0 Å². The van der Waals surface area contributed by atoms with Crippen LogP contribution in [0.4, 0.5) is 5.82 Å². The number of carbonyl (C=O) groups is 1. The van der Waals surface area contributed by atoms with Crippen LogP contribution in [0.2, 0.25) is 0 Å². The van der Waals surface area contributed by atoms with E-state index in [1.807, 2.05) is 19.1 Å². The number of rotatable bonds is 4. The number of nitrogens with one attached hydrogen (secondary N) is 2. The molecular weight excluding hydrogens is 248 g/mol. The molecule has 0 aliphatic rings. The molecular formula is C12H14N4OS. The molecule has 0 unspecified atom stereocenters. The van der Waals surface area contributed by atoms with E-state index >= 15 is 0 Å². The Morgan fingerprint density at radius 3 is 2.94 bits per heavy atom. The number of aryl methyl sites for hydroxylation is 1. The number of hydrogen-bond acceptors (Lipinski definition) is 5. The summed E-state index contributed by atoms with van der Waals surface area (Å²) < 4.78 is 0. The normalized spacial score (nSPS) is 10.1. The van der Waals surface area contributed by atoms with E-state index in [1.54, 1.807) is 29.7 Å². The molecule has 0 spiro atoms. The van der Waals surface area contributed by atoms with Gasteiger partial charge in [0.05, 0.1) is 6.54 Å². The molecule has 4 N–H and O–H groups in total. The molecule has 2 aromatic heterocycles. The molecule has 0 aromatic carbocycles. The lowest BCUT2D eigenvalue weighted by Crippen LogP contribution is -2.22. The zero-order valence-electron chi connectivity index (χ0n) is 9.93. The molecule has 0 aliphatic heterocycles. The summed E-state index contributed by atoms with van der Waals surface area (Å²) in [6.07, 6.45) is 1.54. The fourth-order valence-corrected chi connectivity index (χ4v) is 2.33. The average Bonchev–Trinajstić information content (AvgIpc) is 2.82. The second kappa shape index (κ2) is 5.61. The fourth-order valence-electron chi connectivity index (χ4n) is 1.50. The predicted octanol–water partition coefficient (Wildman–Crippen LogP) is 1.67. The van der Waals surface area contributed by atoms with Crippen LogP contribution in [0.15, 0.2) is 30.5 Å². The highest BCUT2D eigenvalue weighted by molar-refractivity contribution is 7.11. The molecule has 94 valence electrons. The number of carbonyl (C=O) groups excluding carboxylic acids is 1. The standard InChI is InChI=1S/C12H14N4OS/c1-8-2-3-10(18-8)7-15-12(17)9-4-5-14-11(6-9)16-13/h2-6H,7,13H2,1H3,(H,14,16)(H,15,17). The Hall–Kier alpha value is -1.92. The largest absolute Gasteiger partial charge is 0.347 e. The third-order valence-electron chi connectivity index (χ3n) is 2.39. The lowest BCUT2D eigenvalue weighted by atomic mass is 10.2. The van der Waals surface area contributed by atoms with Crippen molar-refractivity contribution in [2.75, 3.05) is 5.43 Å². The Morgan fingerprint density at radius 2 is 2.28 bits per heavy atom. The Morgan fingerprint density at radius 1 is 1.44 bits per heavy atom. The van der Waals surface area contributed by atoms with Crippen molar-refractivity contribution < 1.29 is 4.79 Å². The highest BCUT2D eigenvalue weighted by atomic mass is 32.1. The number of thiophene rings is 1. The first kappa shape index (κ1) is 12.5. The Kier molecular flexibility index (Phi) is 3.91. The maximum atomic E-state index is 11.9. The number of hydrazine groups is 1. The molecule has 5 nitrogen and oxygen atoms in total. The molecule has 0 atom stereocenters. The van der Waals surface area contributed by atoms with E-state index in [0.717, 1.165) is 4.88 Å². The molecule has 0 fully saturated rings. The summed E-state index contributed by atoms with van der Waals surface area (Å²) in [7, 11) is 0. The lowest BCUT2D eigenvalue weighted by molar-refractivity contribution is 0.0951. The zero-order chi connectivity index (χ0) is 13.0. The van der Waals surface area contributed by atoms with Crippen LogP contribution >= 0.6 is 11.3 Å². The van der Waals surface area contributed by atoms with Gasteiger partial charge < -0.3 is 10.7 Å². The number of nitrogen functional groups attached to an aromatic ring is 1. The van der Waals surface area contributed by atoms with E-state index in [2.05, 4.69) is 15.7 Å². The van der Waals surface area contributed by atoms with Crippen molar-refractivity contribution in [3.63, 3.8) is 0 Å². The van der Waals surface area contributed by atoms with E-state index in [-0.39, 0.29) is 5.91 Å². The van der Waals surface area contributed by atoms with Crippen molar-refractivity contribution >= 4 is 23.1 Å². The van der Waals surface area contributed by atoms with Crippen LogP contribution in [0.1, 0.15) is 20.1 Å². The summed E-state index contributed by atoms with van der Waals surface area (Å²) >= 11 is 1.67. The van der Waals surface area contributed by atoms with E-state index < -0.39 is 0 Å². The van der Waals surface area contributed by atoms with Crippen molar-refractivity contribution in [3.05, 3.63) is 45.8 Å². The van der Waals surface area contributed by atoms with Gasteiger partial charge in [0.25, 0.3) is 5.91 Å². The van der Waals surface area contributed by atoms with Gasteiger partial charge in [-0.1, -0.05) is 0 Å². The maximum absolute atomic E-state index is 11.9. The molecule has 0 saturated heterocycles. The summed E-state index contributed by atoms with van der Waals surface area (Å²) in [5, 5.41) is 2.85. The van der Waals surface area contributed by atoms with Crippen LogP contribution in [-0.4, -0.2) is 10.9 Å². The summed E-state index contributed by atoms with van der Waals surface area (Å²) in [6, 6.07) is 7.31. The monoisotopic (exact) mass is 262 g/mol. The maximum Gasteiger partial charge on any atom is 0.251 e. The molecule has 18 heavy (non-hydrogen) atoms. The zero-order valence-corrected chi connectivity index (χ0v) is 10.8. The van der Waals surface area contributed by atoms with Gasteiger partial charge in [0, 0.05) is 21.5 Å². The molecule has 1 amide bonds. The Balaban J connectivity index is 1.99. The van der Waals surface area contributed by atoms with E-state index in [1.165, 1.54) is 4.88 Å². The summed E-state index contributed by atoms with van der Waals surface area (Å²) in [4.78, 5) is 18.2. The molecule has 2 aromatic rings. The number of aromatic nitrogens is 1. The van der Waals surface area contributed by atoms with E-state index in [0.29, 0.717) is 17.9 Å². The van der Waals surface area contributed by atoms with Gasteiger partial charge >= 0.3 is 0 Å². The predicted molar refractivity (Wildman–Crippen MR) is 72.3 cm³/mol. The molecule has 0 radical (unpaired) electrons. The highest BCUT2D eigenvalue weighted by Crippen LogP contribution is 2.14. The van der Waals surface area contributed by atoms with E-state index in [9.17, 15) is 4.79 Å². The van der Waals surface area contributed by atoms with Crippen LogP contribution in [0.25, 0.3) is 0 Å². The Bertz CT molecular complexity index is 553. The molecule has 0 aliphatic carbocycles. The van der Waals surface area contributed by atoms with Crippen LogP contribution < -0.4 is 16.6 Å². The van der Waals surface area contributed by atoms with Crippen LogP contribution in [0, 0.1) is 6.92 Å². The van der Waals surface area contributed by atoms with Crippen LogP contribution in [-0.2, 0) is 6.54 Å². The van der Waals surface area contributed by atoms with Crippen molar-refractivity contribution in [2.24, 2.45) is 5.84 Å². The second-order valence-electron chi connectivity index (χ2n) is 3.77. The first-order chi connectivity index (χ1) is 8.69. The minimum atomic E-state index is -0.139. The van der Waals surface area contributed by atoms with E-state index in [4.69, 9.17) is 5.84 Å². The van der Waals surface area contributed by atoms with Crippen molar-refractivity contribution in [3.8, 4) is 0 Å². The van der Waals surface area contributed by atoms with Gasteiger partial charge in [0.2, 0.25) is 0 Å². The van der Waals surface area contributed by atoms with Gasteiger partial charge in [-0.25, -0.2) is 10.8 Å². The summed E-state index contributed by atoms with van der Waals surface area (Å²) in [5.74, 6) is 5.57. The molecule has 6 heteroatoms. The number of nitrogens with two attached hydrogens (primary N) is 1. The van der Waals surface area contributed by atoms with Gasteiger partial charge in [0.1, 0.15) is 5.82 Å². The molecule has 2 rings (SSSR count). The first-order valence-corrected chi connectivity index (χ1v) is 6.27. The first-order valence-electron chi connectivity index (χ1n) is 5.45. The SMILES string of the molecule is Cc1ccc(CNC(=O)c2ccnc(NN)c2)s1. The quantitative estimate of drug-likeness (QED) is 0.578. The van der Waals surface area contributed by atoms with Crippen LogP contribution in [0.3, 0.4) is 0 Å².